The zero-order valence-electron chi connectivity index (χ0n) is 30.3. The third-order valence-electron chi connectivity index (χ3n) is 10.8. The summed E-state index contributed by atoms with van der Waals surface area (Å²) >= 11 is 0. The normalized spacial score (nSPS) is 11.6. The van der Waals surface area contributed by atoms with Gasteiger partial charge in [0.25, 0.3) is 0 Å². The van der Waals surface area contributed by atoms with Crippen LogP contribution in [0.1, 0.15) is 0 Å². The number of nitrogens with zero attached hydrogens (tertiary/aromatic N) is 5. The first-order valence-electron chi connectivity index (χ1n) is 18.9. The van der Waals surface area contributed by atoms with E-state index in [0.29, 0.717) is 17.6 Å². The Morgan fingerprint density at radius 3 is 1.45 bits per heavy atom. The highest BCUT2D eigenvalue weighted by Crippen LogP contribution is 2.39. The second kappa shape index (κ2) is 13.0. The van der Waals surface area contributed by atoms with E-state index < -0.39 is 0 Å². The zero-order valence-corrected chi connectivity index (χ0v) is 30.3. The van der Waals surface area contributed by atoms with E-state index in [1.807, 2.05) is 6.07 Å². The van der Waals surface area contributed by atoms with Gasteiger partial charge in [0.05, 0.1) is 27.8 Å². The van der Waals surface area contributed by atoms with Crippen LogP contribution < -0.4 is 0 Å². The van der Waals surface area contributed by atoms with Crippen LogP contribution in [0.15, 0.2) is 200 Å². The number of rotatable bonds is 6. The van der Waals surface area contributed by atoms with E-state index in [1.54, 1.807) is 0 Å². The molecule has 11 rings (SSSR count). The largest absolute Gasteiger partial charge is 0.309 e. The van der Waals surface area contributed by atoms with Crippen LogP contribution in [0.4, 0.5) is 0 Å². The molecule has 0 bridgehead atoms. The Bertz CT molecular complexity index is 3200. The fourth-order valence-electron chi connectivity index (χ4n) is 8.22. The number of para-hydroxylation sites is 4. The van der Waals surface area contributed by atoms with Crippen LogP contribution in [0, 0.1) is 0 Å². The maximum atomic E-state index is 5.36. The molecule has 0 saturated carbocycles. The van der Waals surface area contributed by atoms with Gasteiger partial charge in [-0.05, 0) is 70.8 Å². The Morgan fingerprint density at radius 2 is 0.768 bits per heavy atom. The van der Waals surface area contributed by atoms with Crippen molar-refractivity contribution in [2.75, 3.05) is 0 Å². The molecule has 11 aromatic rings. The van der Waals surface area contributed by atoms with E-state index in [0.717, 1.165) is 60.8 Å². The van der Waals surface area contributed by atoms with E-state index in [9.17, 15) is 0 Å². The van der Waals surface area contributed by atoms with Gasteiger partial charge in [0, 0.05) is 32.7 Å². The summed E-state index contributed by atoms with van der Waals surface area (Å²) in [5.41, 5.74) is 11.8. The van der Waals surface area contributed by atoms with Gasteiger partial charge in [-0.3, -0.25) is 4.57 Å². The number of aromatic nitrogens is 5. The molecule has 5 heteroatoms. The molecule has 0 aliphatic rings. The molecule has 56 heavy (non-hydrogen) atoms. The number of benzene rings is 8. The summed E-state index contributed by atoms with van der Waals surface area (Å²) in [7, 11) is 0. The van der Waals surface area contributed by atoms with Gasteiger partial charge in [0.1, 0.15) is 0 Å². The first kappa shape index (κ1) is 31.9. The molecule has 0 radical (unpaired) electrons. The lowest BCUT2D eigenvalue weighted by atomic mass is 10.0. The van der Waals surface area contributed by atoms with Gasteiger partial charge in [0.2, 0.25) is 5.95 Å². The van der Waals surface area contributed by atoms with E-state index >= 15 is 0 Å². The van der Waals surface area contributed by atoms with Crippen molar-refractivity contribution in [2.45, 2.75) is 0 Å². The van der Waals surface area contributed by atoms with Crippen LogP contribution >= 0.6 is 0 Å². The molecule has 0 atom stereocenters. The minimum absolute atomic E-state index is 0.567. The minimum atomic E-state index is 0.567. The fraction of sp³-hybridized carbons (Fsp3) is 0. The van der Waals surface area contributed by atoms with Crippen LogP contribution in [0.5, 0.6) is 0 Å². The van der Waals surface area contributed by atoms with Crippen molar-refractivity contribution < 1.29 is 0 Å². The summed E-state index contributed by atoms with van der Waals surface area (Å²) in [4.78, 5) is 15.9. The second-order valence-corrected chi connectivity index (χ2v) is 14.1. The molecule has 0 unspecified atom stereocenters. The summed E-state index contributed by atoms with van der Waals surface area (Å²) < 4.78 is 4.53. The highest BCUT2D eigenvalue weighted by atomic mass is 15.2. The number of hydrogen-bond acceptors (Lipinski definition) is 3. The van der Waals surface area contributed by atoms with Crippen LogP contribution in [-0.2, 0) is 0 Å². The van der Waals surface area contributed by atoms with Crippen LogP contribution in [0.3, 0.4) is 0 Å². The van der Waals surface area contributed by atoms with Gasteiger partial charge in [-0.2, -0.15) is 9.97 Å². The number of hydrogen-bond donors (Lipinski definition) is 0. The molecular weight excluding hydrogens is 683 g/mol. The Morgan fingerprint density at radius 1 is 0.286 bits per heavy atom. The highest BCUT2D eigenvalue weighted by Gasteiger charge is 2.21. The average molecular weight is 716 g/mol. The van der Waals surface area contributed by atoms with Gasteiger partial charge in [-0.15, -0.1) is 0 Å². The molecule has 3 aromatic heterocycles. The smallest absolute Gasteiger partial charge is 0.238 e. The third-order valence-corrected chi connectivity index (χ3v) is 10.8. The van der Waals surface area contributed by atoms with Gasteiger partial charge in [0.15, 0.2) is 11.6 Å². The second-order valence-electron chi connectivity index (χ2n) is 14.1. The van der Waals surface area contributed by atoms with Crippen molar-refractivity contribution in [2.24, 2.45) is 0 Å². The zero-order chi connectivity index (χ0) is 37.0. The van der Waals surface area contributed by atoms with E-state index in [4.69, 9.17) is 15.0 Å². The molecule has 3 heterocycles. The molecular formula is C51H33N5. The molecule has 5 nitrogen and oxygen atoms in total. The summed E-state index contributed by atoms with van der Waals surface area (Å²) in [6.45, 7) is 0. The SMILES string of the molecule is c1ccc(-c2cccc(-c3nc(-c4ccccc4-n4c5ccccc5c5cc(-c6ccccc6)ccc54)nc(-n4c5ccccc5c5ccccc54)n3)c2)cc1. The molecule has 0 fully saturated rings. The Hall–Kier alpha value is -7.63. The highest BCUT2D eigenvalue weighted by molar-refractivity contribution is 6.11. The molecule has 0 N–H and O–H groups in total. The Balaban J connectivity index is 1.17. The average Bonchev–Trinajstić information content (AvgIpc) is 3.79. The first-order valence-corrected chi connectivity index (χ1v) is 18.9. The van der Waals surface area contributed by atoms with Gasteiger partial charge in [-0.25, -0.2) is 4.98 Å². The molecule has 0 spiro atoms. The lowest BCUT2D eigenvalue weighted by Crippen LogP contribution is -2.07. The summed E-state index contributed by atoms with van der Waals surface area (Å²) in [5.74, 6) is 1.77. The van der Waals surface area contributed by atoms with Crippen molar-refractivity contribution in [1.82, 2.24) is 24.1 Å². The maximum Gasteiger partial charge on any atom is 0.238 e. The molecule has 0 saturated heterocycles. The molecule has 0 aliphatic heterocycles. The summed E-state index contributed by atoms with van der Waals surface area (Å²) in [6, 6.07) is 70.3. The fourth-order valence-corrected chi connectivity index (χ4v) is 8.22. The van der Waals surface area contributed by atoms with Crippen molar-refractivity contribution >= 4 is 43.6 Å². The lowest BCUT2D eigenvalue weighted by Gasteiger charge is -2.15. The van der Waals surface area contributed by atoms with E-state index in [2.05, 4.69) is 203 Å². The molecule has 0 aliphatic carbocycles. The lowest BCUT2D eigenvalue weighted by molar-refractivity contribution is 0.952. The number of fused-ring (bicyclic) bond motifs is 6. The van der Waals surface area contributed by atoms with Gasteiger partial charge < -0.3 is 4.57 Å². The van der Waals surface area contributed by atoms with Crippen LogP contribution in [-0.4, -0.2) is 24.1 Å². The predicted octanol–water partition coefficient (Wildman–Crippen LogP) is 12.7. The Labute approximate surface area is 323 Å². The summed E-state index contributed by atoms with van der Waals surface area (Å²) in [5, 5.41) is 4.68. The first-order chi connectivity index (χ1) is 27.8. The van der Waals surface area contributed by atoms with Crippen LogP contribution in [0.2, 0.25) is 0 Å². The third kappa shape index (κ3) is 5.21. The standard InChI is InChI=1S/C51H33N5/c1-3-16-34(17-4-1)36-20-15-21-38(32-36)49-52-50(54-51(53-49)56-45-27-12-7-22-39(45)40-23-8-13-28-46(40)56)42-25-10-14-29-47(42)55-44-26-11-9-24-41(44)43-33-37(30-31-48(43)55)35-18-5-2-6-19-35/h1-33H. The quantitative estimate of drug-likeness (QED) is 0.172. The molecule has 0 amide bonds. The van der Waals surface area contributed by atoms with Gasteiger partial charge in [-0.1, -0.05) is 152 Å². The van der Waals surface area contributed by atoms with E-state index in [1.165, 1.54) is 21.9 Å². The molecule has 262 valence electrons. The predicted molar refractivity (Wildman–Crippen MR) is 230 cm³/mol. The maximum absolute atomic E-state index is 5.36. The monoisotopic (exact) mass is 715 g/mol. The Kier molecular flexibility index (Phi) is 7.42. The summed E-state index contributed by atoms with van der Waals surface area (Å²) in [6.07, 6.45) is 0. The molecule has 8 aromatic carbocycles. The van der Waals surface area contributed by atoms with Crippen molar-refractivity contribution in [3.05, 3.63) is 200 Å². The topological polar surface area (TPSA) is 48.5 Å². The van der Waals surface area contributed by atoms with Crippen molar-refractivity contribution in [1.29, 1.82) is 0 Å². The van der Waals surface area contributed by atoms with Crippen molar-refractivity contribution in [3.8, 4) is 56.7 Å². The minimum Gasteiger partial charge on any atom is -0.309 e. The van der Waals surface area contributed by atoms with Crippen LogP contribution in [0.25, 0.3) is 100 Å². The van der Waals surface area contributed by atoms with E-state index in [-0.39, 0.29) is 0 Å². The van der Waals surface area contributed by atoms with Gasteiger partial charge >= 0.3 is 0 Å². The van der Waals surface area contributed by atoms with Crippen molar-refractivity contribution in [3.63, 3.8) is 0 Å².